The molecule has 5 aromatic rings. The molecule has 0 spiro atoms. The summed E-state index contributed by atoms with van der Waals surface area (Å²) in [6, 6.07) is 17.7. The molecule has 1 aliphatic heterocycles. The van der Waals surface area contributed by atoms with Gasteiger partial charge in [-0.15, -0.1) is 21.5 Å². The van der Waals surface area contributed by atoms with Crippen molar-refractivity contribution in [2.45, 2.75) is 30.3 Å². The first-order chi connectivity index (χ1) is 17.6. The van der Waals surface area contributed by atoms with E-state index in [1.807, 2.05) is 57.1 Å². The van der Waals surface area contributed by atoms with Crippen LogP contribution in [0.15, 0.2) is 69.9 Å². The fourth-order valence-corrected chi connectivity index (χ4v) is 6.21. The number of methoxy groups -OCH3 is 1. The van der Waals surface area contributed by atoms with E-state index in [1.54, 1.807) is 23.4 Å². The Morgan fingerprint density at radius 3 is 2.50 bits per heavy atom. The van der Waals surface area contributed by atoms with Crippen molar-refractivity contribution in [2.24, 2.45) is 0 Å². The second-order valence-corrected chi connectivity index (χ2v) is 10.5. The number of rotatable bonds is 7. The SMILES string of the molecule is COc1ccc(Cn2c(=O)c3sccc3n3c(SCc4ccc(N5CCCC5=O)cc4)nnc23)cc1. The number of anilines is 1. The molecule has 1 fully saturated rings. The Balaban J connectivity index is 1.30. The highest BCUT2D eigenvalue weighted by Crippen LogP contribution is 2.28. The number of amides is 1. The Morgan fingerprint density at radius 2 is 1.78 bits per heavy atom. The lowest BCUT2D eigenvalue weighted by atomic mass is 10.2. The zero-order chi connectivity index (χ0) is 24.6. The average Bonchev–Trinajstić information content (AvgIpc) is 3.65. The number of aromatic nitrogens is 4. The predicted octanol–water partition coefficient (Wildman–Crippen LogP) is 4.58. The molecule has 0 atom stereocenters. The van der Waals surface area contributed by atoms with Gasteiger partial charge in [0, 0.05) is 24.4 Å². The zero-order valence-corrected chi connectivity index (χ0v) is 21.2. The van der Waals surface area contributed by atoms with Crippen LogP contribution in [0.1, 0.15) is 24.0 Å². The van der Waals surface area contributed by atoms with Crippen LogP contribution in [0.4, 0.5) is 5.69 Å². The third-order valence-electron chi connectivity index (χ3n) is 6.37. The Labute approximate surface area is 215 Å². The summed E-state index contributed by atoms with van der Waals surface area (Å²) in [5, 5.41) is 11.5. The molecule has 2 aromatic carbocycles. The number of ether oxygens (including phenoxy) is 1. The van der Waals surface area contributed by atoms with E-state index in [1.165, 1.54) is 11.3 Å². The largest absolute Gasteiger partial charge is 0.497 e. The number of nitrogens with zero attached hydrogens (tertiary/aromatic N) is 5. The van der Waals surface area contributed by atoms with Gasteiger partial charge in [0.25, 0.3) is 5.56 Å². The van der Waals surface area contributed by atoms with Crippen molar-refractivity contribution in [3.05, 3.63) is 81.5 Å². The maximum Gasteiger partial charge on any atom is 0.273 e. The van der Waals surface area contributed by atoms with E-state index in [4.69, 9.17) is 4.74 Å². The summed E-state index contributed by atoms with van der Waals surface area (Å²) in [5.74, 6) is 2.17. The number of thiophene rings is 1. The maximum absolute atomic E-state index is 13.3. The van der Waals surface area contributed by atoms with E-state index in [0.29, 0.717) is 29.2 Å². The number of hydrogen-bond donors (Lipinski definition) is 0. The van der Waals surface area contributed by atoms with Gasteiger partial charge in [0.2, 0.25) is 11.7 Å². The molecule has 6 rings (SSSR count). The Hall–Kier alpha value is -3.63. The van der Waals surface area contributed by atoms with E-state index in [-0.39, 0.29) is 11.5 Å². The van der Waals surface area contributed by atoms with Crippen molar-refractivity contribution in [2.75, 3.05) is 18.6 Å². The minimum atomic E-state index is -0.0701. The molecule has 1 saturated heterocycles. The zero-order valence-electron chi connectivity index (χ0n) is 19.6. The Bertz CT molecular complexity index is 1620. The molecule has 0 saturated carbocycles. The van der Waals surface area contributed by atoms with Gasteiger partial charge in [0.1, 0.15) is 10.4 Å². The third kappa shape index (κ3) is 4.06. The molecule has 0 bridgehead atoms. The van der Waals surface area contributed by atoms with Crippen LogP contribution < -0.4 is 15.2 Å². The summed E-state index contributed by atoms with van der Waals surface area (Å²) in [5.41, 5.74) is 3.80. The van der Waals surface area contributed by atoms with Gasteiger partial charge in [-0.05, 0) is 53.3 Å². The molecule has 0 radical (unpaired) electrons. The van der Waals surface area contributed by atoms with Crippen LogP contribution in [0, 0.1) is 0 Å². The lowest BCUT2D eigenvalue weighted by molar-refractivity contribution is -0.117. The summed E-state index contributed by atoms with van der Waals surface area (Å²) in [7, 11) is 1.63. The van der Waals surface area contributed by atoms with Gasteiger partial charge in [-0.3, -0.25) is 18.6 Å². The standard InChI is InChI=1S/C26H23N5O3S2/c1-34-20-10-6-17(7-11-20)15-30-24(33)23-21(12-14-35-23)31-25(30)27-28-26(31)36-16-18-4-8-19(9-5-18)29-13-2-3-22(29)32/h4-12,14H,2-3,13,15-16H2,1H3. The van der Waals surface area contributed by atoms with E-state index < -0.39 is 0 Å². The lowest BCUT2D eigenvalue weighted by Crippen LogP contribution is -2.23. The highest BCUT2D eigenvalue weighted by molar-refractivity contribution is 7.98. The number of benzene rings is 2. The minimum Gasteiger partial charge on any atom is -0.497 e. The van der Waals surface area contributed by atoms with Gasteiger partial charge in [-0.25, -0.2) is 0 Å². The first kappa shape index (κ1) is 22.8. The molecule has 3 aromatic heterocycles. The van der Waals surface area contributed by atoms with Gasteiger partial charge in [0.05, 0.1) is 19.2 Å². The molecule has 4 heterocycles. The Kier molecular flexibility index (Phi) is 5.98. The Morgan fingerprint density at radius 1 is 1.00 bits per heavy atom. The second-order valence-electron chi connectivity index (χ2n) is 8.60. The number of carbonyl (C=O) groups excluding carboxylic acids is 1. The van der Waals surface area contributed by atoms with Crippen molar-refractivity contribution < 1.29 is 9.53 Å². The van der Waals surface area contributed by atoms with Crippen LogP contribution in [0.5, 0.6) is 5.75 Å². The number of fused-ring (bicyclic) bond motifs is 3. The molecule has 36 heavy (non-hydrogen) atoms. The molecule has 182 valence electrons. The van der Waals surface area contributed by atoms with Crippen LogP contribution in [-0.2, 0) is 17.1 Å². The molecule has 10 heteroatoms. The van der Waals surface area contributed by atoms with Gasteiger partial charge < -0.3 is 9.64 Å². The molecule has 1 aliphatic rings. The van der Waals surface area contributed by atoms with Crippen molar-refractivity contribution >= 4 is 50.7 Å². The molecule has 8 nitrogen and oxygen atoms in total. The van der Waals surface area contributed by atoms with Gasteiger partial charge in [-0.2, -0.15) is 0 Å². The van der Waals surface area contributed by atoms with Crippen molar-refractivity contribution in [3.8, 4) is 5.75 Å². The molecule has 1 amide bonds. The van der Waals surface area contributed by atoms with Gasteiger partial charge in [0.15, 0.2) is 5.16 Å². The lowest BCUT2D eigenvalue weighted by Gasteiger charge is -2.15. The smallest absolute Gasteiger partial charge is 0.273 e. The van der Waals surface area contributed by atoms with Crippen LogP contribution in [0.3, 0.4) is 0 Å². The predicted molar refractivity (Wildman–Crippen MR) is 142 cm³/mol. The van der Waals surface area contributed by atoms with Crippen molar-refractivity contribution in [1.29, 1.82) is 0 Å². The average molecular weight is 518 g/mol. The van der Waals surface area contributed by atoms with Crippen LogP contribution in [0.25, 0.3) is 16.0 Å². The second kappa shape index (κ2) is 9.44. The summed E-state index contributed by atoms with van der Waals surface area (Å²) in [4.78, 5) is 27.2. The normalized spacial score (nSPS) is 13.8. The summed E-state index contributed by atoms with van der Waals surface area (Å²) in [6.07, 6.45) is 1.54. The fourth-order valence-electron chi connectivity index (χ4n) is 4.49. The van der Waals surface area contributed by atoms with Gasteiger partial charge in [-0.1, -0.05) is 36.0 Å². The van der Waals surface area contributed by atoms with E-state index >= 15 is 0 Å². The minimum absolute atomic E-state index is 0.0701. The first-order valence-electron chi connectivity index (χ1n) is 11.6. The van der Waals surface area contributed by atoms with E-state index in [2.05, 4.69) is 22.3 Å². The molecular weight excluding hydrogens is 494 g/mol. The van der Waals surface area contributed by atoms with Crippen LogP contribution in [-0.4, -0.2) is 38.7 Å². The molecule has 0 N–H and O–H groups in total. The van der Waals surface area contributed by atoms with Gasteiger partial charge >= 0.3 is 0 Å². The van der Waals surface area contributed by atoms with Crippen molar-refractivity contribution in [3.63, 3.8) is 0 Å². The third-order valence-corrected chi connectivity index (χ3v) is 8.26. The van der Waals surface area contributed by atoms with Crippen molar-refractivity contribution in [1.82, 2.24) is 19.2 Å². The van der Waals surface area contributed by atoms with E-state index in [0.717, 1.165) is 46.2 Å². The highest BCUT2D eigenvalue weighted by atomic mass is 32.2. The van der Waals surface area contributed by atoms with E-state index in [9.17, 15) is 9.59 Å². The van der Waals surface area contributed by atoms with Crippen LogP contribution >= 0.6 is 23.1 Å². The molecule has 0 unspecified atom stereocenters. The topological polar surface area (TPSA) is 81.7 Å². The number of thioether (sulfide) groups is 1. The maximum atomic E-state index is 13.3. The monoisotopic (exact) mass is 517 g/mol. The number of hydrogen-bond acceptors (Lipinski definition) is 7. The summed E-state index contributed by atoms with van der Waals surface area (Å²) < 4.78 is 9.58. The summed E-state index contributed by atoms with van der Waals surface area (Å²) in [6.45, 7) is 1.17. The molecule has 0 aliphatic carbocycles. The fraction of sp³-hybridized carbons (Fsp3) is 0.231. The first-order valence-corrected chi connectivity index (χ1v) is 13.5. The molecular formula is C26H23N5O3S2. The highest BCUT2D eigenvalue weighted by Gasteiger charge is 2.22. The summed E-state index contributed by atoms with van der Waals surface area (Å²) >= 11 is 3.00. The number of carbonyl (C=O) groups is 1. The van der Waals surface area contributed by atoms with Crippen LogP contribution in [0.2, 0.25) is 0 Å². The quantitative estimate of drug-likeness (QED) is 0.294.